The van der Waals surface area contributed by atoms with E-state index in [9.17, 15) is 22.4 Å². The summed E-state index contributed by atoms with van der Waals surface area (Å²) >= 11 is 0. The number of amides is 2. The fourth-order valence-corrected chi connectivity index (χ4v) is 5.20. The second-order valence-corrected chi connectivity index (χ2v) is 10.6. The number of rotatable bonds is 10. The Hall–Kier alpha value is -3.67. The van der Waals surface area contributed by atoms with Gasteiger partial charge in [-0.1, -0.05) is 28.7 Å². The minimum absolute atomic E-state index is 0. The van der Waals surface area contributed by atoms with Crippen LogP contribution in [0.1, 0.15) is 23.2 Å². The fraction of sp³-hybridized carbons (Fsp3) is 0.259. The van der Waals surface area contributed by atoms with E-state index in [0.717, 1.165) is 32.0 Å². The van der Waals surface area contributed by atoms with Crippen molar-refractivity contribution >= 4 is 39.9 Å². The van der Waals surface area contributed by atoms with Crippen LogP contribution < -0.4 is 25.3 Å². The average molecular weight is 577 g/mol. The van der Waals surface area contributed by atoms with Crippen molar-refractivity contribution in [3.8, 4) is 5.75 Å². The Morgan fingerprint density at radius 3 is 2.31 bits per heavy atom. The quantitative estimate of drug-likeness (QED) is 0.319. The first kappa shape index (κ1) is 29.9. The molecule has 0 unspecified atom stereocenters. The summed E-state index contributed by atoms with van der Waals surface area (Å²) in [6.07, 6.45) is 1.99. The molecule has 0 radical (unpaired) electrons. The number of halogens is 2. The van der Waals surface area contributed by atoms with Gasteiger partial charge in [-0.25, -0.2) is 4.39 Å². The Bertz CT molecular complexity index is 1350. The third kappa shape index (κ3) is 8.16. The van der Waals surface area contributed by atoms with Crippen molar-refractivity contribution in [2.45, 2.75) is 17.7 Å². The van der Waals surface area contributed by atoms with Crippen LogP contribution in [0.15, 0.2) is 83.8 Å². The first-order valence-corrected chi connectivity index (χ1v) is 13.7. The Balaban J connectivity index is 0.00000420. The summed E-state index contributed by atoms with van der Waals surface area (Å²) in [5.41, 5.74) is 0.141. The summed E-state index contributed by atoms with van der Waals surface area (Å²) in [4.78, 5) is 30.1. The monoisotopic (exact) mass is 576 g/mol. The lowest BCUT2D eigenvalue weighted by molar-refractivity contribution is -0.120. The van der Waals surface area contributed by atoms with Gasteiger partial charge in [0.2, 0.25) is 5.91 Å². The highest BCUT2D eigenvalue weighted by atomic mass is 35.5. The number of para-hydroxylation sites is 1. The Morgan fingerprint density at radius 1 is 0.949 bits per heavy atom. The smallest absolute Gasteiger partial charge is 0.295 e. The summed E-state index contributed by atoms with van der Waals surface area (Å²) in [6.45, 7) is 2.24. The molecule has 1 aliphatic heterocycles. The second-order valence-electron chi connectivity index (χ2n) is 8.82. The van der Waals surface area contributed by atoms with E-state index in [0.29, 0.717) is 16.9 Å². The average Bonchev–Trinajstić information content (AvgIpc) is 2.94. The number of benzene rings is 3. The molecule has 0 aliphatic carbocycles. The molecular weight excluding hydrogens is 547 g/mol. The summed E-state index contributed by atoms with van der Waals surface area (Å²) in [7, 11) is -4.31. The zero-order valence-corrected chi connectivity index (χ0v) is 22.6. The standard InChI is InChI=1S/C27H29FN4O5S.ClH/c28-22-5-4-6-23(17-22)32(37-24-7-2-1-3-8-24)38(35,36)25-11-9-21(10-12-25)27(34)31-19-26(33)30-18-20-13-15-29-16-14-20;/h1-12,17,20,29H,13-16,18-19H2,(H,30,33)(H,31,34);1H. The van der Waals surface area contributed by atoms with Crippen molar-refractivity contribution < 1.29 is 27.2 Å². The van der Waals surface area contributed by atoms with Gasteiger partial charge in [-0.2, -0.15) is 8.42 Å². The van der Waals surface area contributed by atoms with Gasteiger partial charge in [0.15, 0.2) is 5.75 Å². The van der Waals surface area contributed by atoms with Gasteiger partial charge in [-0.05, 0) is 80.4 Å². The lowest BCUT2D eigenvalue weighted by Gasteiger charge is -2.24. The van der Waals surface area contributed by atoms with Gasteiger partial charge in [-0.15, -0.1) is 12.4 Å². The molecule has 0 aromatic heterocycles. The Morgan fingerprint density at radius 2 is 1.64 bits per heavy atom. The maximum absolute atomic E-state index is 13.9. The van der Waals surface area contributed by atoms with Gasteiger partial charge in [0.1, 0.15) is 5.82 Å². The molecule has 3 N–H and O–H groups in total. The van der Waals surface area contributed by atoms with E-state index >= 15 is 0 Å². The SMILES string of the molecule is Cl.O=C(CNC(=O)c1ccc(S(=O)(=O)N(Oc2ccccc2)c2cccc(F)c2)cc1)NCC1CCNCC1. The van der Waals surface area contributed by atoms with Crippen LogP contribution in [0.25, 0.3) is 0 Å². The van der Waals surface area contributed by atoms with Gasteiger partial charge in [0.05, 0.1) is 17.1 Å². The van der Waals surface area contributed by atoms with Gasteiger partial charge in [0.25, 0.3) is 15.9 Å². The maximum atomic E-state index is 13.9. The molecule has 0 saturated carbocycles. The number of hydrogen-bond donors (Lipinski definition) is 3. The molecule has 12 heteroatoms. The zero-order chi connectivity index (χ0) is 27.0. The minimum atomic E-state index is -4.31. The normalized spacial score (nSPS) is 13.6. The van der Waals surface area contributed by atoms with E-state index in [1.807, 2.05) is 0 Å². The molecule has 9 nitrogen and oxygen atoms in total. The van der Waals surface area contributed by atoms with Crippen LogP contribution >= 0.6 is 12.4 Å². The number of nitrogens with zero attached hydrogens (tertiary/aromatic N) is 1. The molecule has 3 aromatic carbocycles. The predicted octanol–water partition coefficient (Wildman–Crippen LogP) is 3.28. The predicted molar refractivity (Wildman–Crippen MR) is 148 cm³/mol. The van der Waals surface area contributed by atoms with Crippen molar-refractivity contribution in [2.24, 2.45) is 5.92 Å². The highest BCUT2D eigenvalue weighted by molar-refractivity contribution is 7.92. The van der Waals surface area contributed by atoms with E-state index in [-0.39, 0.29) is 46.8 Å². The zero-order valence-electron chi connectivity index (χ0n) is 21.0. The molecule has 39 heavy (non-hydrogen) atoms. The highest BCUT2D eigenvalue weighted by Gasteiger charge is 2.28. The van der Waals surface area contributed by atoms with E-state index in [4.69, 9.17) is 4.84 Å². The lowest BCUT2D eigenvalue weighted by atomic mass is 9.98. The largest absolute Gasteiger partial charge is 0.364 e. The Kier molecular flexibility index (Phi) is 10.7. The second kappa shape index (κ2) is 13.9. The molecule has 208 valence electrons. The van der Waals surface area contributed by atoms with Crippen LogP contribution in [0, 0.1) is 11.7 Å². The van der Waals surface area contributed by atoms with Crippen molar-refractivity contribution in [1.82, 2.24) is 16.0 Å². The van der Waals surface area contributed by atoms with Crippen molar-refractivity contribution in [1.29, 1.82) is 0 Å². The van der Waals surface area contributed by atoms with Crippen LogP contribution in [0.5, 0.6) is 5.75 Å². The van der Waals surface area contributed by atoms with Crippen molar-refractivity contribution in [3.05, 3.63) is 90.2 Å². The van der Waals surface area contributed by atoms with Crippen molar-refractivity contribution in [2.75, 3.05) is 30.6 Å². The van der Waals surface area contributed by atoms with Crippen LogP contribution in [0.2, 0.25) is 0 Å². The van der Waals surface area contributed by atoms with E-state index < -0.39 is 21.7 Å². The molecule has 1 heterocycles. The number of carbonyl (C=O) groups excluding carboxylic acids is 2. The highest BCUT2D eigenvalue weighted by Crippen LogP contribution is 2.27. The molecule has 0 bridgehead atoms. The van der Waals surface area contributed by atoms with Gasteiger partial charge in [-0.3, -0.25) is 9.59 Å². The third-order valence-corrected chi connectivity index (χ3v) is 7.63. The number of piperidine rings is 1. The van der Waals surface area contributed by atoms with E-state index in [1.165, 1.54) is 42.5 Å². The van der Waals surface area contributed by atoms with Gasteiger partial charge >= 0.3 is 0 Å². The molecule has 0 atom stereocenters. The van der Waals surface area contributed by atoms with E-state index in [2.05, 4.69) is 16.0 Å². The molecule has 4 rings (SSSR count). The number of hydrogen-bond acceptors (Lipinski definition) is 6. The summed E-state index contributed by atoms with van der Waals surface area (Å²) in [5, 5.41) is 8.64. The molecule has 0 spiro atoms. The molecule has 1 aliphatic rings. The number of carbonyl (C=O) groups is 2. The van der Waals surface area contributed by atoms with E-state index in [1.54, 1.807) is 30.3 Å². The van der Waals surface area contributed by atoms with Crippen LogP contribution in [0.3, 0.4) is 0 Å². The minimum Gasteiger partial charge on any atom is -0.364 e. The molecular formula is C27H30ClFN4O5S. The number of sulfonamides is 1. The maximum Gasteiger partial charge on any atom is 0.295 e. The lowest BCUT2D eigenvalue weighted by Crippen LogP contribution is -2.40. The first-order chi connectivity index (χ1) is 18.3. The van der Waals surface area contributed by atoms with Crippen LogP contribution in [-0.2, 0) is 14.8 Å². The van der Waals surface area contributed by atoms with Crippen LogP contribution in [0.4, 0.5) is 10.1 Å². The topological polar surface area (TPSA) is 117 Å². The molecule has 1 saturated heterocycles. The summed E-state index contributed by atoms with van der Waals surface area (Å²) < 4.78 is 41.5. The molecule has 2 amide bonds. The summed E-state index contributed by atoms with van der Waals surface area (Å²) in [6, 6.07) is 18.4. The summed E-state index contributed by atoms with van der Waals surface area (Å²) in [5.74, 6) is -0.794. The number of anilines is 1. The van der Waals surface area contributed by atoms with Crippen LogP contribution in [-0.4, -0.2) is 46.4 Å². The van der Waals surface area contributed by atoms with Gasteiger partial charge < -0.3 is 20.8 Å². The Labute approximate surface area is 233 Å². The fourth-order valence-electron chi connectivity index (χ4n) is 3.95. The molecule has 3 aromatic rings. The molecule has 1 fully saturated rings. The third-order valence-electron chi connectivity index (χ3n) is 6.04. The first-order valence-electron chi connectivity index (χ1n) is 12.2. The van der Waals surface area contributed by atoms with Gasteiger partial charge in [0, 0.05) is 18.2 Å². The number of nitrogens with one attached hydrogen (secondary N) is 3. The van der Waals surface area contributed by atoms with Crippen molar-refractivity contribution in [3.63, 3.8) is 0 Å².